The molecule has 4 heteroatoms. The van der Waals surface area contributed by atoms with E-state index in [0.29, 0.717) is 17.4 Å². The van der Waals surface area contributed by atoms with E-state index in [2.05, 4.69) is 85.8 Å². The lowest BCUT2D eigenvalue weighted by molar-refractivity contribution is 0.807. The summed E-state index contributed by atoms with van der Waals surface area (Å²) < 4.78 is 2.20. The third-order valence-electron chi connectivity index (χ3n) is 5.87. The van der Waals surface area contributed by atoms with Crippen LogP contribution in [0.2, 0.25) is 0 Å². The summed E-state index contributed by atoms with van der Waals surface area (Å²) in [7, 11) is 0. The van der Waals surface area contributed by atoms with E-state index < -0.39 is 0 Å². The molecule has 0 unspecified atom stereocenters. The highest BCUT2D eigenvalue weighted by Crippen LogP contribution is 2.37. The van der Waals surface area contributed by atoms with Gasteiger partial charge in [0.1, 0.15) is 0 Å². The van der Waals surface area contributed by atoms with Crippen molar-refractivity contribution < 1.29 is 0 Å². The Morgan fingerprint density at radius 1 is 0.781 bits per heavy atom. The molecule has 160 valence electrons. The van der Waals surface area contributed by atoms with Crippen LogP contribution in [0.5, 0.6) is 0 Å². The zero-order valence-electron chi connectivity index (χ0n) is 19.3. The molecule has 0 amide bonds. The van der Waals surface area contributed by atoms with Gasteiger partial charge in [0.25, 0.3) is 0 Å². The highest BCUT2D eigenvalue weighted by molar-refractivity contribution is 5.71. The topological polar surface area (TPSA) is 54.5 Å². The number of nitrogens with zero attached hydrogens (tertiary/aromatic N) is 4. The fraction of sp³-hybridized carbons (Fsp3) is 0.250. The largest absolute Gasteiger partial charge is 0.274 e. The van der Waals surface area contributed by atoms with Gasteiger partial charge in [-0.1, -0.05) is 82.3 Å². The predicted molar refractivity (Wildman–Crippen MR) is 130 cm³/mol. The third kappa shape index (κ3) is 3.83. The van der Waals surface area contributed by atoms with Gasteiger partial charge in [0.05, 0.1) is 17.3 Å². The van der Waals surface area contributed by atoms with Crippen LogP contribution in [0.1, 0.15) is 61.8 Å². The molecule has 0 aliphatic carbocycles. The van der Waals surface area contributed by atoms with Gasteiger partial charge < -0.3 is 0 Å². The van der Waals surface area contributed by atoms with Gasteiger partial charge >= 0.3 is 0 Å². The Morgan fingerprint density at radius 3 is 2.00 bits per heavy atom. The van der Waals surface area contributed by atoms with Crippen LogP contribution in [0, 0.1) is 18.3 Å². The van der Waals surface area contributed by atoms with Crippen molar-refractivity contribution in [3.63, 3.8) is 0 Å². The number of hydrogen-bond acceptors (Lipinski definition) is 3. The summed E-state index contributed by atoms with van der Waals surface area (Å²) in [5.74, 6) is 2.22. The molecule has 1 heterocycles. The van der Waals surface area contributed by atoms with Crippen LogP contribution < -0.4 is 0 Å². The van der Waals surface area contributed by atoms with Crippen LogP contribution in [0.25, 0.3) is 28.5 Å². The van der Waals surface area contributed by atoms with Gasteiger partial charge in [-0.2, -0.15) is 5.26 Å². The molecule has 4 nitrogen and oxygen atoms in total. The Bertz CT molecular complexity index is 1260. The second-order valence-electron chi connectivity index (χ2n) is 8.78. The zero-order chi connectivity index (χ0) is 22.8. The smallest absolute Gasteiger partial charge is 0.169 e. The van der Waals surface area contributed by atoms with Crippen LogP contribution in [0.4, 0.5) is 0 Å². The molecular weight excluding hydrogens is 392 g/mol. The Labute approximate surface area is 190 Å². The first kappa shape index (κ1) is 21.5. The molecule has 0 bridgehead atoms. The molecule has 0 aliphatic rings. The van der Waals surface area contributed by atoms with Gasteiger partial charge in [0.15, 0.2) is 11.6 Å². The average Bonchev–Trinajstić information content (AvgIpc) is 3.23. The Balaban J connectivity index is 2.13. The normalized spacial score (nSPS) is 11.2. The molecule has 0 N–H and O–H groups in total. The maximum atomic E-state index is 9.51. The van der Waals surface area contributed by atoms with Gasteiger partial charge in [-0.05, 0) is 47.6 Å². The van der Waals surface area contributed by atoms with Crippen molar-refractivity contribution >= 4 is 0 Å². The van der Waals surface area contributed by atoms with E-state index >= 15 is 0 Å². The fourth-order valence-corrected chi connectivity index (χ4v) is 4.15. The lowest BCUT2D eigenvalue weighted by atomic mass is 9.92. The lowest BCUT2D eigenvalue weighted by Gasteiger charge is -2.23. The van der Waals surface area contributed by atoms with Crippen molar-refractivity contribution in [2.24, 2.45) is 0 Å². The van der Waals surface area contributed by atoms with Gasteiger partial charge in [-0.15, -0.1) is 10.2 Å². The summed E-state index contributed by atoms with van der Waals surface area (Å²) in [4.78, 5) is 0. The number of para-hydroxylation sites is 1. The van der Waals surface area contributed by atoms with E-state index in [1.807, 2.05) is 36.4 Å². The lowest BCUT2D eigenvalue weighted by Crippen LogP contribution is -2.10. The van der Waals surface area contributed by atoms with E-state index in [4.69, 9.17) is 0 Å². The van der Waals surface area contributed by atoms with Gasteiger partial charge in [-0.3, -0.25) is 4.57 Å². The Hall–Kier alpha value is -3.71. The molecule has 4 rings (SSSR count). The van der Waals surface area contributed by atoms with E-state index in [0.717, 1.165) is 34.0 Å². The minimum Gasteiger partial charge on any atom is -0.274 e. The van der Waals surface area contributed by atoms with Crippen molar-refractivity contribution in [3.8, 4) is 34.5 Å². The molecule has 0 aliphatic heterocycles. The maximum absolute atomic E-state index is 9.51. The van der Waals surface area contributed by atoms with Gasteiger partial charge in [-0.25, -0.2) is 0 Å². The molecule has 3 aromatic carbocycles. The quantitative estimate of drug-likeness (QED) is 0.348. The second kappa shape index (κ2) is 8.80. The summed E-state index contributed by atoms with van der Waals surface area (Å²) >= 11 is 0. The number of aryl methyl sites for hydroxylation is 1. The molecule has 0 spiro atoms. The van der Waals surface area contributed by atoms with E-state index in [-0.39, 0.29) is 0 Å². The highest BCUT2D eigenvalue weighted by atomic mass is 15.3. The van der Waals surface area contributed by atoms with Crippen LogP contribution in [0.15, 0.2) is 66.7 Å². The van der Waals surface area contributed by atoms with Crippen LogP contribution in [-0.2, 0) is 0 Å². The van der Waals surface area contributed by atoms with E-state index in [1.54, 1.807) is 0 Å². The summed E-state index contributed by atoms with van der Waals surface area (Å²) in [5.41, 5.74) is 7.25. The number of hydrogen-bond donors (Lipinski definition) is 0. The fourth-order valence-electron chi connectivity index (χ4n) is 4.15. The number of benzene rings is 3. The van der Waals surface area contributed by atoms with Crippen molar-refractivity contribution in [3.05, 3.63) is 89.0 Å². The summed E-state index contributed by atoms with van der Waals surface area (Å²) in [6.45, 7) is 10.9. The first-order valence-electron chi connectivity index (χ1n) is 11.1. The van der Waals surface area contributed by atoms with Crippen molar-refractivity contribution in [2.75, 3.05) is 0 Å². The van der Waals surface area contributed by atoms with Gasteiger partial charge in [0.2, 0.25) is 0 Å². The Morgan fingerprint density at radius 2 is 1.41 bits per heavy atom. The van der Waals surface area contributed by atoms with E-state index in [9.17, 15) is 5.26 Å². The summed E-state index contributed by atoms with van der Waals surface area (Å²) in [5, 5.41) is 18.9. The van der Waals surface area contributed by atoms with Crippen LogP contribution in [0.3, 0.4) is 0 Å². The highest BCUT2D eigenvalue weighted by Gasteiger charge is 2.24. The number of rotatable bonds is 5. The van der Waals surface area contributed by atoms with E-state index in [1.165, 1.54) is 11.1 Å². The Kier molecular flexibility index (Phi) is 5.92. The SMILES string of the molecule is Cc1ccc(C#N)cc1-c1nnc(-c2ccccc2)n1-c1c(C(C)C)cccc1C(C)C. The standard InChI is InChI=1S/C28H28N4/c1-18(2)23-12-9-13-24(19(3)4)26(23)32-27(22-10-7-6-8-11-22)30-31-28(32)25-16-21(17-29)15-14-20(25)5/h6-16,18-19H,1-5H3. The minimum atomic E-state index is 0.328. The van der Waals surface area contributed by atoms with Crippen molar-refractivity contribution in [1.29, 1.82) is 5.26 Å². The molecule has 0 atom stereocenters. The van der Waals surface area contributed by atoms with Crippen molar-refractivity contribution in [2.45, 2.75) is 46.5 Å². The molecule has 1 aromatic heterocycles. The first-order chi connectivity index (χ1) is 15.4. The molecule has 0 saturated carbocycles. The predicted octanol–water partition coefficient (Wildman–Crippen LogP) is 7.03. The van der Waals surface area contributed by atoms with Crippen LogP contribution >= 0.6 is 0 Å². The number of aromatic nitrogens is 3. The molecule has 32 heavy (non-hydrogen) atoms. The molecular formula is C28H28N4. The monoisotopic (exact) mass is 420 g/mol. The minimum absolute atomic E-state index is 0.328. The average molecular weight is 421 g/mol. The second-order valence-corrected chi connectivity index (χ2v) is 8.78. The van der Waals surface area contributed by atoms with Gasteiger partial charge in [0, 0.05) is 11.1 Å². The van der Waals surface area contributed by atoms with Crippen LogP contribution in [-0.4, -0.2) is 14.8 Å². The molecule has 4 aromatic rings. The maximum Gasteiger partial charge on any atom is 0.169 e. The molecule has 0 fully saturated rings. The summed E-state index contributed by atoms with van der Waals surface area (Å²) in [6, 6.07) is 24.7. The molecule has 0 saturated heterocycles. The summed E-state index contributed by atoms with van der Waals surface area (Å²) in [6.07, 6.45) is 0. The number of nitriles is 1. The zero-order valence-corrected chi connectivity index (χ0v) is 19.3. The first-order valence-corrected chi connectivity index (χ1v) is 11.1. The van der Waals surface area contributed by atoms with Crippen molar-refractivity contribution in [1.82, 2.24) is 14.8 Å². The third-order valence-corrected chi connectivity index (χ3v) is 5.87. The molecule has 0 radical (unpaired) electrons.